The first-order chi connectivity index (χ1) is 42.3. The molecule has 8 bridgehead atoms. The van der Waals surface area contributed by atoms with Gasteiger partial charge in [0.15, 0.2) is 60.0 Å². The van der Waals surface area contributed by atoms with Crippen LogP contribution < -0.4 is 18.9 Å². The van der Waals surface area contributed by atoms with Crippen LogP contribution in [0, 0.1) is 0 Å². The number of benzene rings is 4. The number of aliphatic hydroxyl groups excluding tert-OH is 16. The van der Waals surface area contributed by atoms with Crippen molar-refractivity contribution < 1.29 is 120 Å². The number of hydrogen-bond acceptors (Lipinski definition) is 30. The van der Waals surface area contributed by atoms with Gasteiger partial charge in [-0.1, -0.05) is 72.8 Å². The van der Waals surface area contributed by atoms with Gasteiger partial charge in [-0.15, -0.1) is 0 Å². The summed E-state index contributed by atoms with van der Waals surface area (Å²) in [5, 5.41) is 174. The van der Waals surface area contributed by atoms with E-state index < -0.39 is 172 Å². The van der Waals surface area contributed by atoms with Crippen molar-refractivity contribution in [1.82, 2.24) is 39.9 Å². The van der Waals surface area contributed by atoms with E-state index >= 15 is 0 Å². The fourth-order valence-electron chi connectivity index (χ4n) is 11.3. The summed E-state index contributed by atoms with van der Waals surface area (Å²) in [6.45, 7) is -3.69. The van der Waals surface area contributed by atoms with Crippen LogP contribution in [0.1, 0.15) is 0 Å². The summed E-state index contributed by atoms with van der Waals surface area (Å²) in [5.41, 5.74) is 2.05. The van der Waals surface area contributed by atoms with Crippen molar-refractivity contribution >= 4 is 44.1 Å². The molecule has 20 atom stereocenters. The molecule has 4 aromatic carbocycles. The van der Waals surface area contributed by atoms with E-state index in [2.05, 4.69) is 9.97 Å². The van der Waals surface area contributed by atoms with E-state index in [-0.39, 0.29) is 45.4 Å². The molecule has 32 heteroatoms. The van der Waals surface area contributed by atoms with E-state index in [9.17, 15) is 81.7 Å². The Morgan fingerprint density at radius 3 is 0.841 bits per heavy atom. The first-order valence-corrected chi connectivity index (χ1v) is 27.6. The minimum atomic E-state index is -2.12. The van der Waals surface area contributed by atoms with Crippen molar-refractivity contribution in [3.63, 3.8) is 0 Å². The van der Waals surface area contributed by atoms with E-state index in [1.54, 1.807) is 48.5 Å². The lowest BCUT2D eigenvalue weighted by Crippen LogP contribution is -2.59. The molecule has 13 rings (SSSR count). The maximum absolute atomic E-state index is 11.3. The molecule has 466 valence electrons. The summed E-state index contributed by atoms with van der Waals surface area (Å²) in [6, 6.07) is 21.2. The third kappa shape index (κ3) is 10.4. The number of aromatic nitrogens is 8. The third-order valence-electron chi connectivity index (χ3n) is 16.1. The minimum absolute atomic E-state index is 0.0122. The number of rotatable bonds is 12. The van der Waals surface area contributed by atoms with Gasteiger partial charge in [0.1, 0.15) is 147 Å². The molecule has 88 heavy (non-hydrogen) atoms. The van der Waals surface area contributed by atoms with Gasteiger partial charge in [0.2, 0.25) is 11.5 Å². The second-order valence-corrected chi connectivity index (χ2v) is 21.7. The molecule has 4 saturated heterocycles. The first-order valence-electron chi connectivity index (χ1n) is 27.6. The van der Waals surface area contributed by atoms with Crippen LogP contribution in [0.2, 0.25) is 0 Å². The molecule has 9 heterocycles. The molecular formula is C56H58N8O24. The average Bonchev–Trinajstić information content (AvgIpc) is 1.58. The summed E-state index contributed by atoms with van der Waals surface area (Å²) >= 11 is 0. The van der Waals surface area contributed by atoms with Crippen molar-refractivity contribution in [2.24, 2.45) is 0 Å². The molecule has 6 aliphatic heterocycles. The summed E-state index contributed by atoms with van der Waals surface area (Å²) < 4.78 is 48.3. The molecule has 32 nitrogen and oxygen atoms in total. The quantitative estimate of drug-likeness (QED) is 0.0549. The van der Waals surface area contributed by atoms with Crippen LogP contribution in [0.4, 0.5) is 0 Å². The molecular weight excluding hydrogens is 1170 g/mol. The monoisotopic (exact) mass is 1230 g/mol. The molecule has 6 aliphatic rings. The van der Waals surface area contributed by atoms with Crippen molar-refractivity contribution in [1.29, 1.82) is 0 Å². The molecule has 7 aromatic rings. The van der Waals surface area contributed by atoms with Gasteiger partial charge in [-0.2, -0.15) is 0 Å². The minimum Gasteiger partial charge on any atom is -0.486 e. The molecule has 18 N–H and O–H groups in total. The number of ether oxygens (including phenoxy) is 8. The molecule has 4 fully saturated rings. The molecule has 3 aromatic heterocycles. The number of aliphatic hydroxyl groups is 16. The highest BCUT2D eigenvalue weighted by Gasteiger charge is 2.48. The van der Waals surface area contributed by atoms with Crippen LogP contribution in [0.25, 0.3) is 89.7 Å². The summed E-state index contributed by atoms with van der Waals surface area (Å²) in [5.74, 6) is -2.20. The van der Waals surface area contributed by atoms with Crippen LogP contribution in [-0.4, -0.2) is 271 Å². The average molecular weight is 1230 g/mol. The predicted molar refractivity (Wildman–Crippen MR) is 294 cm³/mol. The smallest absolute Gasteiger partial charge is 0.208 e. The van der Waals surface area contributed by atoms with E-state index in [4.69, 9.17) is 67.8 Å². The summed E-state index contributed by atoms with van der Waals surface area (Å²) in [4.78, 5) is 36.6. The summed E-state index contributed by atoms with van der Waals surface area (Å²) in [7, 11) is 0. The van der Waals surface area contributed by atoms with E-state index in [0.29, 0.717) is 44.3 Å². The highest BCUT2D eigenvalue weighted by atomic mass is 16.7. The Balaban J connectivity index is 1.14. The van der Waals surface area contributed by atoms with Gasteiger partial charge >= 0.3 is 0 Å². The lowest BCUT2D eigenvalue weighted by Gasteiger charge is -2.39. The molecule has 0 unspecified atom stereocenters. The lowest BCUT2D eigenvalue weighted by atomic mass is 9.99. The van der Waals surface area contributed by atoms with Crippen LogP contribution in [0.15, 0.2) is 72.8 Å². The Kier molecular flexibility index (Phi) is 15.9. The van der Waals surface area contributed by atoms with Gasteiger partial charge in [0.05, 0.1) is 10.8 Å². The van der Waals surface area contributed by atoms with E-state index in [1.165, 1.54) is 0 Å². The van der Waals surface area contributed by atoms with Crippen LogP contribution in [-0.2, 0) is 18.9 Å². The topological polar surface area (TPSA) is 506 Å². The maximum atomic E-state index is 11.3. The fraction of sp³-hybridized carbons (Fsp3) is 0.429. The number of nitrogens with one attached hydrogen (secondary N) is 2. The first kappa shape index (κ1) is 59.6. The third-order valence-corrected chi connectivity index (χ3v) is 16.1. The molecule has 0 saturated carbocycles. The zero-order chi connectivity index (χ0) is 61.7. The Morgan fingerprint density at radius 1 is 0.295 bits per heavy atom. The van der Waals surface area contributed by atoms with Gasteiger partial charge < -0.3 is 130 Å². The van der Waals surface area contributed by atoms with Gasteiger partial charge in [-0.3, -0.25) is 0 Å². The normalized spacial score (nSPS) is 33.0. The van der Waals surface area contributed by atoms with Crippen molar-refractivity contribution in [3.05, 3.63) is 72.8 Å². The number of H-pyrrole nitrogens is 2. The van der Waals surface area contributed by atoms with Crippen LogP contribution in [0.3, 0.4) is 0 Å². The fourth-order valence-corrected chi connectivity index (χ4v) is 11.3. The zero-order valence-electron chi connectivity index (χ0n) is 45.4. The molecule has 0 radical (unpaired) electrons. The lowest BCUT2D eigenvalue weighted by molar-refractivity contribution is -0.286. The highest BCUT2D eigenvalue weighted by Crippen LogP contribution is 2.55. The standard InChI is InChI=1S/C56H58N8O24/c65-29-23(85-53(77)37(73)33(29)69)13-81-41-27-28(52-63-50-22-12-6-4-10-20(22)48(61-50)59-46-18-8-2-1-7-17(18)45(57-46)58-47-19-9-3-5-11-21(19)49(60-47)62-51(27)64-52)42(82-14-24-30(66)34(70)38(74)54(78)86-24)44(84-16-26-32(68)36(72)40(76)56(80)88-26)43(41)83-15-25-31(67)35(71)39(75)55(79)87-25/h1-12,23-26,29-40,53-56,65-80H,13-16H2,(H2,57,58,59,60,61,62,63,64)/t23-,24-,25-,26-,29+,30+,31+,32+,33+,34+,35+,36+,37-,38-,39-,40-,53-,54-,55-,56-/m1/s1. The maximum Gasteiger partial charge on any atom is 0.208 e. The molecule has 0 amide bonds. The van der Waals surface area contributed by atoms with Gasteiger partial charge in [-0.05, 0) is 0 Å². The number of nitrogens with zero attached hydrogens (tertiary/aromatic N) is 6. The van der Waals surface area contributed by atoms with Gasteiger partial charge in [0, 0.05) is 33.0 Å². The van der Waals surface area contributed by atoms with Crippen LogP contribution in [0.5, 0.6) is 23.0 Å². The zero-order valence-corrected chi connectivity index (χ0v) is 45.4. The predicted octanol–water partition coefficient (Wildman–Crippen LogP) is -4.42. The second kappa shape index (κ2) is 23.5. The summed E-state index contributed by atoms with van der Waals surface area (Å²) in [6.07, 6.45) is -39.6. The Labute approximate surface area is 492 Å². The van der Waals surface area contributed by atoms with Crippen molar-refractivity contribution in [2.75, 3.05) is 26.4 Å². The molecule has 0 aliphatic carbocycles. The number of fused-ring (bicyclic) bond motifs is 20. The van der Waals surface area contributed by atoms with E-state index in [1.807, 2.05) is 24.3 Å². The van der Waals surface area contributed by atoms with E-state index in [0.717, 1.165) is 0 Å². The number of aromatic amines is 2. The Hall–Kier alpha value is -7.36. The van der Waals surface area contributed by atoms with Gasteiger partial charge in [-0.25, -0.2) is 29.9 Å². The van der Waals surface area contributed by atoms with Crippen molar-refractivity contribution in [3.8, 4) is 68.5 Å². The second-order valence-electron chi connectivity index (χ2n) is 21.7. The Bertz CT molecular complexity index is 3710. The Morgan fingerprint density at radius 2 is 0.545 bits per heavy atom. The van der Waals surface area contributed by atoms with Crippen molar-refractivity contribution in [2.45, 2.75) is 123 Å². The highest BCUT2D eigenvalue weighted by molar-refractivity contribution is 6.14. The number of hydrogen-bond donors (Lipinski definition) is 18. The van der Waals surface area contributed by atoms with Gasteiger partial charge in [0.25, 0.3) is 0 Å². The van der Waals surface area contributed by atoms with Crippen LogP contribution >= 0.6 is 0 Å². The SMILES string of the molecule is O[C@@H]1[C@@H](O)[C@H](O)O[C@H](COc2c(OC[C@H]3O[C@@H](O)[C@H](O)[C@@H](O)[C@H]3O)c(OC[C@H]3O[C@@H](O)[C@H](O)[C@@H](O)[C@H]3O)c3c4nc5nc(nc6[nH]c(nc7nc(nc([nH]4)c3c2OC[C@H]2O[C@@H](O)[C@H](O)[C@@H](O)[C@H]2O)-c2ccccc2-7)c2ccccc62)-c2ccccc2-5)[C@@H]1O. The largest absolute Gasteiger partial charge is 0.486 e. The molecule has 0 spiro atoms.